The van der Waals surface area contributed by atoms with Crippen molar-refractivity contribution in [3.05, 3.63) is 67.0 Å². The number of aromatic nitrogens is 7. The fourth-order valence-electron chi connectivity index (χ4n) is 4.38. The normalized spacial score (nSPS) is 11.6. The number of H-pyrrole nitrogens is 2. The number of anilines is 2. The Morgan fingerprint density at radius 2 is 1.84 bits per heavy atom. The zero-order valence-corrected chi connectivity index (χ0v) is 20.8. The Hall–Kier alpha value is -4.90. The highest BCUT2D eigenvalue weighted by Gasteiger charge is 2.17. The number of nitrogens with zero attached hydrogens (tertiary/aromatic N) is 6. The first-order valence-corrected chi connectivity index (χ1v) is 12.0. The Kier molecular flexibility index (Phi) is 5.89. The lowest BCUT2D eigenvalue weighted by atomic mass is 10.0. The van der Waals surface area contributed by atoms with Crippen molar-refractivity contribution in [3.63, 3.8) is 0 Å². The summed E-state index contributed by atoms with van der Waals surface area (Å²) in [7, 11) is 3.99. The molecular weight excluding hydrogens is 483 g/mol. The minimum absolute atomic E-state index is 0.330. The molecule has 5 heterocycles. The Bertz CT molecular complexity index is 1770. The molecular formula is C27H25FN10. The molecule has 0 spiro atoms. The zero-order valence-electron chi connectivity index (χ0n) is 20.8. The first kappa shape index (κ1) is 23.5. The molecule has 5 N–H and O–H groups in total. The molecule has 0 amide bonds. The van der Waals surface area contributed by atoms with Gasteiger partial charge in [0.15, 0.2) is 17.1 Å². The largest absolute Gasteiger partial charge is 0.397 e. The molecule has 0 bridgehead atoms. The number of aromatic amines is 2. The van der Waals surface area contributed by atoms with Crippen molar-refractivity contribution in [3.8, 4) is 33.8 Å². The molecule has 0 saturated carbocycles. The van der Waals surface area contributed by atoms with Crippen molar-refractivity contribution in [1.29, 1.82) is 0 Å². The second-order valence-corrected chi connectivity index (χ2v) is 9.30. The Morgan fingerprint density at radius 3 is 2.68 bits per heavy atom. The summed E-state index contributed by atoms with van der Waals surface area (Å²) < 4.78 is 14.6. The summed E-state index contributed by atoms with van der Waals surface area (Å²) >= 11 is 0. The molecule has 190 valence electrons. The van der Waals surface area contributed by atoms with E-state index in [4.69, 9.17) is 10.7 Å². The van der Waals surface area contributed by atoms with Gasteiger partial charge in [-0.25, -0.2) is 19.3 Å². The number of benzene rings is 1. The van der Waals surface area contributed by atoms with Gasteiger partial charge in [0.25, 0.3) is 0 Å². The SMILES string of the molecule is CN(C)CCNc1cc(F)cc(-c2ccnc3[nH]c(-c4n[nH]c5ncc(-c6cncc(N)c6)cc45)nc23)c1. The minimum Gasteiger partial charge on any atom is -0.397 e. The highest BCUT2D eigenvalue weighted by Crippen LogP contribution is 2.33. The molecule has 0 aliphatic rings. The van der Waals surface area contributed by atoms with Crippen LogP contribution < -0.4 is 11.1 Å². The molecule has 11 heteroatoms. The van der Waals surface area contributed by atoms with Crippen molar-refractivity contribution in [2.75, 3.05) is 38.2 Å². The average Bonchev–Trinajstić information content (AvgIpc) is 3.51. The van der Waals surface area contributed by atoms with Crippen molar-refractivity contribution >= 4 is 33.6 Å². The molecule has 38 heavy (non-hydrogen) atoms. The second-order valence-electron chi connectivity index (χ2n) is 9.30. The number of pyridine rings is 3. The number of nitrogen functional groups attached to an aromatic ring is 1. The lowest BCUT2D eigenvalue weighted by Crippen LogP contribution is -2.20. The molecule has 0 atom stereocenters. The van der Waals surface area contributed by atoms with Gasteiger partial charge in [-0.3, -0.25) is 10.1 Å². The molecule has 0 fully saturated rings. The molecule has 0 saturated heterocycles. The van der Waals surface area contributed by atoms with E-state index in [-0.39, 0.29) is 5.82 Å². The summed E-state index contributed by atoms with van der Waals surface area (Å²) in [5, 5.41) is 11.5. The van der Waals surface area contributed by atoms with Crippen LogP contribution >= 0.6 is 0 Å². The summed E-state index contributed by atoms with van der Waals surface area (Å²) in [4.78, 5) is 23.3. The Morgan fingerprint density at radius 1 is 0.974 bits per heavy atom. The van der Waals surface area contributed by atoms with Crippen LogP contribution in [0.5, 0.6) is 0 Å². The zero-order chi connectivity index (χ0) is 26.2. The third-order valence-electron chi connectivity index (χ3n) is 6.22. The Balaban J connectivity index is 1.40. The van der Waals surface area contributed by atoms with E-state index in [1.54, 1.807) is 24.8 Å². The van der Waals surface area contributed by atoms with Gasteiger partial charge in [0.2, 0.25) is 0 Å². The van der Waals surface area contributed by atoms with Gasteiger partial charge in [0, 0.05) is 60.3 Å². The van der Waals surface area contributed by atoms with E-state index in [1.165, 1.54) is 12.1 Å². The topological polar surface area (TPSA) is 137 Å². The first-order chi connectivity index (χ1) is 18.4. The highest BCUT2D eigenvalue weighted by atomic mass is 19.1. The third-order valence-corrected chi connectivity index (χ3v) is 6.22. The van der Waals surface area contributed by atoms with E-state index < -0.39 is 0 Å². The fraction of sp³-hybridized carbons (Fsp3) is 0.148. The lowest BCUT2D eigenvalue weighted by molar-refractivity contribution is 0.425. The average molecular weight is 509 g/mol. The standard InChI is InChI=1S/C27H25FN10/c1-38(2)6-5-31-20-9-15(7-18(28)11-20)21-3-4-32-26-23(21)34-27(35-26)24-22-10-17(13-33-25(22)37-36-24)16-8-19(29)14-30-12-16/h3-4,7-14,31H,5-6,29H2,1-2H3,(H,32,34,35)(H,33,36,37). The molecule has 0 unspecified atom stereocenters. The van der Waals surface area contributed by atoms with Crippen LogP contribution in [0.2, 0.25) is 0 Å². The van der Waals surface area contributed by atoms with Crippen LogP contribution in [-0.4, -0.2) is 67.2 Å². The van der Waals surface area contributed by atoms with Crippen LogP contribution in [0.25, 0.3) is 56.0 Å². The van der Waals surface area contributed by atoms with Crippen LogP contribution in [0.4, 0.5) is 15.8 Å². The number of imidazole rings is 1. The lowest BCUT2D eigenvalue weighted by Gasteiger charge is -2.12. The monoisotopic (exact) mass is 508 g/mol. The molecule has 0 aliphatic heterocycles. The van der Waals surface area contributed by atoms with E-state index in [2.05, 4.69) is 40.3 Å². The van der Waals surface area contributed by atoms with Gasteiger partial charge in [-0.15, -0.1) is 0 Å². The van der Waals surface area contributed by atoms with Crippen LogP contribution in [0.3, 0.4) is 0 Å². The summed E-state index contributed by atoms with van der Waals surface area (Å²) in [6, 6.07) is 10.6. The highest BCUT2D eigenvalue weighted by molar-refractivity contribution is 5.96. The predicted molar refractivity (Wildman–Crippen MR) is 147 cm³/mol. The van der Waals surface area contributed by atoms with Gasteiger partial charge in [-0.1, -0.05) is 0 Å². The van der Waals surface area contributed by atoms with Gasteiger partial charge in [-0.05, 0) is 56.1 Å². The molecule has 0 aliphatic carbocycles. The fourth-order valence-corrected chi connectivity index (χ4v) is 4.38. The van der Waals surface area contributed by atoms with E-state index in [0.29, 0.717) is 51.8 Å². The van der Waals surface area contributed by atoms with Gasteiger partial charge < -0.3 is 20.9 Å². The smallest absolute Gasteiger partial charge is 0.161 e. The van der Waals surface area contributed by atoms with Gasteiger partial charge >= 0.3 is 0 Å². The number of nitrogens with one attached hydrogen (secondary N) is 3. The van der Waals surface area contributed by atoms with Crippen molar-refractivity contribution < 1.29 is 4.39 Å². The van der Waals surface area contributed by atoms with Crippen LogP contribution in [0.1, 0.15) is 0 Å². The third kappa shape index (κ3) is 4.50. The maximum atomic E-state index is 14.6. The van der Waals surface area contributed by atoms with Crippen molar-refractivity contribution in [2.24, 2.45) is 0 Å². The predicted octanol–water partition coefficient (Wildman–Crippen LogP) is 4.32. The minimum atomic E-state index is -0.330. The van der Waals surface area contributed by atoms with E-state index in [9.17, 15) is 4.39 Å². The van der Waals surface area contributed by atoms with E-state index in [0.717, 1.165) is 28.6 Å². The Labute approximate surface area is 217 Å². The maximum Gasteiger partial charge on any atom is 0.161 e. The number of nitrogens with two attached hydrogens (primary N) is 1. The van der Waals surface area contributed by atoms with Crippen molar-refractivity contribution in [2.45, 2.75) is 0 Å². The van der Waals surface area contributed by atoms with Gasteiger partial charge in [0.1, 0.15) is 17.0 Å². The molecule has 6 rings (SSSR count). The number of hydrogen-bond donors (Lipinski definition) is 4. The summed E-state index contributed by atoms with van der Waals surface area (Å²) in [6.45, 7) is 1.53. The number of likely N-dealkylation sites (N-methyl/N-ethyl adjacent to an activating group) is 1. The summed E-state index contributed by atoms with van der Waals surface area (Å²) in [5.74, 6) is 0.195. The maximum absolute atomic E-state index is 14.6. The summed E-state index contributed by atoms with van der Waals surface area (Å²) in [5.41, 5.74) is 12.8. The quantitative estimate of drug-likeness (QED) is 0.250. The van der Waals surface area contributed by atoms with Gasteiger partial charge in [0.05, 0.1) is 11.1 Å². The molecule has 10 nitrogen and oxygen atoms in total. The molecule has 5 aromatic heterocycles. The molecule has 1 aromatic carbocycles. The number of halogens is 1. The number of fused-ring (bicyclic) bond motifs is 2. The van der Waals surface area contributed by atoms with E-state index in [1.807, 2.05) is 38.4 Å². The molecule has 0 radical (unpaired) electrons. The second kappa shape index (κ2) is 9.52. The van der Waals surface area contributed by atoms with Crippen LogP contribution in [0.15, 0.2) is 61.2 Å². The van der Waals surface area contributed by atoms with E-state index >= 15 is 0 Å². The van der Waals surface area contributed by atoms with Crippen LogP contribution in [-0.2, 0) is 0 Å². The first-order valence-electron chi connectivity index (χ1n) is 12.0. The van der Waals surface area contributed by atoms with Crippen LogP contribution in [0, 0.1) is 5.82 Å². The van der Waals surface area contributed by atoms with Crippen molar-refractivity contribution in [1.82, 2.24) is 40.0 Å². The summed E-state index contributed by atoms with van der Waals surface area (Å²) in [6.07, 6.45) is 6.75. The number of hydrogen-bond acceptors (Lipinski definition) is 8. The number of rotatable bonds is 7. The van der Waals surface area contributed by atoms with Gasteiger partial charge in [-0.2, -0.15) is 5.10 Å². The molecule has 6 aromatic rings.